The monoisotopic (exact) mass is 617 g/mol. The van der Waals surface area contributed by atoms with Gasteiger partial charge in [-0.15, -0.1) is 11.8 Å². The Hall–Kier alpha value is -3.19. The van der Waals surface area contributed by atoms with Crippen LogP contribution in [0.3, 0.4) is 0 Å². The Balaban J connectivity index is 1.38. The van der Waals surface area contributed by atoms with Gasteiger partial charge < -0.3 is 29.3 Å². The minimum Gasteiger partial charge on any atom is -0.493 e. The van der Waals surface area contributed by atoms with Crippen molar-refractivity contribution >= 4 is 23.0 Å². The summed E-state index contributed by atoms with van der Waals surface area (Å²) in [5, 5.41) is 3.58. The first-order chi connectivity index (χ1) is 21.2. The van der Waals surface area contributed by atoms with Crippen LogP contribution in [0.5, 0.6) is 11.5 Å². The maximum atomic E-state index is 6.39. The van der Waals surface area contributed by atoms with Gasteiger partial charge >= 0.3 is 0 Å². The second-order valence-corrected chi connectivity index (χ2v) is 13.9. The first-order valence-electron chi connectivity index (χ1n) is 16.2. The molecule has 2 aliphatic heterocycles. The molecule has 2 aromatic carbocycles. The predicted octanol–water partition coefficient (Wildman–Crippen LogP) is 8.21. The number of hydrogen-bond donors (Lipinski definition) is 1. The van der Waals surface area contributed by atoms with Crippen LogP contribution in [0.15, 0.2) is 71.1 Å². The van der Waals surface area contributed by atoms with Crippen molar-refractivity contribution in [3.8, 4) is 11.5 Å². The lowest BCUT2D eigenvalue weighted by Crippen LogP contribution is -2.46. The van der Waals surface area contributed by atoms with Crippen molar-refractivity contribution in [3.05, 3.63) is 77.3 Å². The van der Waals surface area contributed by atoms with E-state index in [-0.39, 0.29) is 5.60 Å². The van der Waals surface area contributed by atoms with Crippen molar-refractivity contribution in [3.63, 3.8) is 0 Å². The summed E-state index contributed by atoms with van der Waals surface area (Å²) < 4.78 is 18.0. The first kappa shape index (κ1) is 32.2. The third-order valence-corrected chi connectivity index (χ3v) is 9.34. The Kier molecular flexibility index (Phi) is 10.5. The lowest BCUT2D eigenvalue weighted by atomic mass is 9.95. The van der Waals surface area contributed by atoms with Crippen LogP contribution < -0.4 is 19.7 Å². The van der Waals surface area contributed by atoms with Crippen LogP contribution in [0.4, 0.5) is 5.69 Å². The number of rotatable bonds is 12. The van der Waals surface area contributed by atoms with Gasteiger partial charge in [0.25, 0.3) is 0 Å². The number of likely N-dealkylation sites (tertiary alicyclic amines) is 1. The fourth-order valence-electron chi connectivity index (χ4n) is 6.29. The van der Waals surface area contributed by atoms with Crippen molar-refractivity contribution < 1.29 is 14.2 Å². The number of nitrogens with one attached hydrogen (secondary N) is 1. The molecule has 0 radical (unpaired) electrons. The van der Waals surface area contributed by atoms with Crippen LogP contribution in [0.1, 0.15) is 76.8 Å². The lowest BCUT2D eigenvalue weighted by Gasteiger charge is -2.42. The summed E-state index contributed by atoms with van der Waals surface area (Å²) in [7, 11) is 3.48. The number of anilines is 1. The molecule has 3 aliphatic rings. The van der Waals surface area contributed by atoms with Crippen molar-refractivity contribution in [2.24, 2.45) is 0 Å². The normalized spacial score (nSPS) is 17.9. The number of hydrogen-bond acceptors (Lipinski definition) is 7. The molecule has 1 N–H and O–H groups in total. The summed E-state index contributed by atoms with van der Waals surface area (Å²) in [5.41, 5.74) is 6.12. The molecule has 0 amide bonds. The minimum absolute atomic E-state index is 0.208. The van der Waals surface area contributed by atoms with E-state index in [0.717, 1.165) is 62.8 Å². The molecule has 7 heteroatoms. The molecule has 0 spiro atoms. The highest BCUT2D eigenvalue weighted by molar-refractivity contribution is 7.98. The van der Waals surface area contributed by atoms with E-state index in [1.54, 1.807) is 26.0 Å². The standard InChI is InChI=1S/C37H51N3O3S/c1-8-9-35(43-37(2,3)4)39-18-16-31(17-19-39)40(30-12-14-32(44-7)15-13-30)25-26-20-29(24-38-23-26)28-21-33(27-10-11-27)36(42-6)34(22-28)41-5/h9,12-15,20-23,27,31,38H,8,10-11,16-19,24-25H2,1-7H3. The van der Waals surface area contributed by atoms with E-state index < -0.39 is 0 Å². The third kappa shape index (κ3) is 7.90. The van der Waals surface area contributed by atoms with E-state index in [1.807, 2.05) is 0 Å². The predicted molar refractivity (Wildman–Crippen MR) is 185 cm³/mol. The highest BCUT2D eigenvalue weighted by atomic mass is 32.2. The van der Waals surface area contributed by atoms with Crippen molar-refractivity contribution in [1.82, 2.24) is 10.2 Å². The van der Waals surface area contributed by atoms with Gasteiger partial charge in [-0.3, -0.25) is 0 Å². The number of thioether (sulfide) groups is 1. The third-order valence-electron chi connectivity index (χ3n) is 8.60. The molecule has 0 unspecified atom stereocenters. The fraction of sp³-hybridized carbons (Fsp3) is 0.514. The van der Waals surface area contributed by atoms with E-state index in [0.29, 0.717) is 12.0 Å². The second-order valence-electron chi connectivity index (χ2n) is 13.1. The molecule has 238 valence electrons. The Morgan fingerprint density at radius 1 is 1.05 bits per heavy atom. The van der Waals surface area contributed by atoms with Gasteiger partial charge in [-0.25, -0.2) is 0 Å². The summed E-state index contributed by atoms with van der Waals surface area (Å²) in [6, 6.07) is 14.0. The van der Waals surface area contributed by atoms with Crippen molar-refractivity contribution in [2.45, 2.75) is 82.3 Å². The molecule has 2 heterocycles. The molecule has 1 saturated carbocycles. The highest BCUT2D eigenvalue weighted by Crippen LogP contribution is 2.48. The summed E-state index contributed by atoms with van der Waals surface area (Å²) >= 11 is 1.79. The largest absolute Gasteiger partial charge is 0.493 e. The van der Waals surface area contributed by atoms with Crippen LogP contribution in [0.25, 0.3) is 5.57 Å². The highest BCUT2D eigenvalue weighted by Gasteiger charge is 2.31. The number of nitrogens with zero attached hydrogens (tertiary/aromatic N) is 2. The fourth-order valence-corrected chi connectivity index (χ4v) is 6.69. The molecule has 1 saturated heterocycles. The Bertz CT molecular complexity index is 1360. The van der Waals surface area contributed by atoms with E-state index in [1.165, 1.54) is 45.7 Å². The lowest BCUT2D eigenvalue weighted by molar-refractivity contribution is -0.00484. The topological polar surface area (TPSA) is 46.2 Å². The van der Waals surface area contributed by atoms with Gasteiger partial charge in [0, 0.05) is 54.6 Å². The Morgan fingerprint density at radius 2 is 1.77 bits per heavy atom. The van der Waals surface area contributed by atoms with Crippen LogP contribution in [0.2, 0.25) is 0 Å². The molecule has 6 nitrogen and oxygen atoms in total. The maximum Gasteiger partial charge on any atom is 0.185 e. The number of benzene rings is 2. The van der Waals surface area contributed by atoms with E-state index in [2.05, 4.69) is 104 Å². The van der Waals surface area contributed by atoms with Gasteiger partial charge in [0.2, 0.25) is 0 Å². The van der Waals surface area contributed by atoms with Gasteiger partial charge in [-0.2, -0.15) is 0 Å². The Morgan fingerprint density at radius 3 is 2.36 bits per heavy atom. The first-order valence-corrected chi connectivity index (χ1v) is 17.4. The zero-order valence-electron chi connectivity index (χ0n) is 27.7. The average Bonchev–Trinajstić information content (AvgIpc) is 3.88. The van der Waals surface area contributed by atoms with Crippen molar-refractivity contribution in [1.29, 1.82) is 0 Å². The van der Waals surface area contributed by atoms with Crippen LogP contribution in [0, 0.1) is 0 Å². The van der Waals surface area contributed by atoms with Gasteiger partial charge in [0.1, 0.15) is 5.60 Å². The molecule has 0 bridgehead atoms. The van der Waals surface area contributed by atoms with Gasteiger partial charge in [-0.1, -0.05) is 13.0 Å². The summed E-state index contributed by atoms with van der Waals surface area (Å²) in [6.45, 7) is 12.2. The smallest absolute Gasteiger partial charge is 0.185 e. The molecule has 5 rings (SSSR count). The quantitative estimate of drug-likeness (QED) is 0.190. The van der Waals surface area contributed by atoms with Gasteiger partial charge in [0.15, 0.2) is 17.4 Å². The van der Waals surface area contributed by atoms with Crippen LogP contribution in [-0.2, 0) is 4.74 Å². The molecule has 2 aromatic rings. The SMILES string of the molecule is CCC=C(OC(C)(C)C)N1CCC(N(CC2=CNCC(c3cc(OC)c(OC)c(C4CC4)c3)=C2)c2ccc(SC)cc2)CC1. The zero-order valence-corrected chi connectivity index (χ0v) is 28.6. The number of ether oxygens (including phenoxy) is 3. The van der Waals surface area contributed by atoms with Crippen molar-refractivity contribution in [2.75, 3.05) is 51.6 Å². The maximum absolute atomic E-state index is 6.39. The summed E-state index contributed by atoms with van der Waals surface area (Å²) in [4.78, 5) is 6.35. The number of piperidine rings is 1. The summed E-state index contributed by atoms with van der Waals surface area (Å²) in [5.74, 6) is 3.30. The van der Waals surface area contributed by atoms with Gasteiger partial charge in [-0.05, 0) is 124 Å². The molecular weight excluding hydrogens is 566 g/mol. The van der Waals surface area contributed by atoms with Crippen LogP contribution in [-0.4, -0.2) is 63.2 Å². The number of allylic oxidation sites excluding steroid dienone is 1. The number of methoxy groups -OCH3 is 2. The van der Waals surface area contributed by atoms with Crippen LogP contribution >= 0.6 is 11.8 Å². The molecule has 0 atom stereocenters. The van der Waals surface area contributed by atoms with E-state index in [4.69, 9.17) is 14.2 Å². The second kappa shape index (κ2) is 14.3. The van der Waals surface area contributed by atoms with Gasteiger partial charge in [0.05, 0.1) is 14.2 Å². The summed E-state index contributed by atoms with van der Waals surface area (Å²) in [6.07, 6.45) is 14.5. The minimum atomic E-state index is -0.208. The number of dihydropyridines is 1. The molecule has 2 fully saturated rings. The van der Waals surface area contributed by atoms with E-state index >= 15 is 0 Å². The average molecular weight is 618 g/mol. The molecule has 0 aromatic heterocycles. The molecular formula is C37H51N3O3S. The zero-order chi connectivity index (χ0) is 31.3. The molecule has 1 aliphatic carbocycles. The Labute approximate surface area is 269 Å². The molecule has 44 heavy (non-hydrogen) atoms. The van der Waals surface area contributed by atoms with E-state index in [9.17, 15) is 0 Å².